The normalized spacial score (nSPS) is 17.9. The van der Waals surface area contributed by atoms with Crippen LogP contribution < -0.4 is 20.1 Å². The molecule has 6 nitrogen and oxygen atoms in total. The number of halogens is 1. The van der Waals surface area contributed by atoms with Gasteiger partial charge in [0.25, 0.3) is 0 Å². The van der Waals surface area contributed by atoms with Crippen molar-refractivity contribution in [3.05, 3.63) is 23.8 Å². The smallest absolute Gasteiger partial charge is 0.231 e. The molecule has 0 spiro atoms. The van der Waals surface area contributed by atoms with Crippen molar-refractivity contribution >= 4 is 29.9 Å². The van der Waals surface area contributed by atoms with Gasteiger partial charge in [0, 0.05) is 20.1 Å². The quantitative estimate of drug-likeness (QED) is 0.402. The number of fused-ring (bicyclic) bond motifs is 1. The molecule has 0 saturated carbocycles. The Morgan fingerprint density at radius 2 is 1.96 bits per heavy atom. The number of aliphatic imine (C=N–C) groups is 1. The summed E-state index contributed by atoms with van der Waals surface area (Å²) < 4.78 is 10.7. The van der Waals surface area contributed by atoms with Crippen LogP contribution in [0.5, 0.6) is 11.5 Å². The molecule has 1 aromatic carbocycles. The van der Waals surface area contributed by atoms with Crippen LogP contribution in [0.2, 0.25) is 0 Å². The number of hydrogen-bond acceptors (Lipinski definition) is 4. The van der Waals surface area contributed by atoms with Crippen LogP contribution in [-0.4, -0.2) is 51.4 Å². The Bertz CT molecular complexity index is 574. The van der Waals surface area contributed by atoms with Gasteiger partial charge in [-0.3, -0.25) is 4.99 Å². The third kappa shape index (κ3) is 5.91. The van der Waals surface area contributed by atoms with Crippen molar-refractivity contribution in [2.45, 2.75) is 25.8 Å². The molecule has 2 aliphatic heterocycles. The van der Waals surface area contributed by atoms with Crippen molar-refractivity contribution in [2.75, 3.05) is 40.5 Å². The summed E-state index contributed by atoms with van der Waals surface area (Å²) in [4.78, 5) is 6.71. The SMILES string of the molecule is CN=C(NCCC1CCN(C)CC1)NCc1ccc2c(c1)OCO2.I. The Kier molecular flexibility index (Phi) is 8.08. The lowest BCUT2D eigenvalue weighted by molar-refractivity contribution is 0.174. The van der Waals surface area contributed by atoms with E-state index in [1.54, 1.807) is 0 Å². The topological polar surface area (TPSA) is 58.1 Å². The number of hydrogen-bond donors (Lipinski definition) is 2. The highest BCUT2D eigenvalue weighted by molar-refractivity contribution is 14.0. The monoisotopic (exact) mass is 460 g/mol. The van der Waals surface area contributed by atoms with Gasteiger partial charge in [0.05, 0.1) is 0 Å². The fourth-order valence-electron chi connectivity index (χ4n) is 3.20. The Morgan fingerprint density at radius 1 is 1.20 bits per heavy atom. The molecule has 0 atom stereocenters. The molecule has 3 rings (SSSR count). The number of benzene rings is 1. The highest BCUT2D eigenvalue weighted by Gasteiger charge is 2.16. The minimum absolute atomic E-state index is 0. The van der Waals surface area contributed by atoms with E-state index in [0.717, 1.165) is 35.5 Å². The second kappa shape index (κ2) is 10.1. The molecule has 1 saturated heterocycles. The van der Waals surface area contributed by atoms with Gasteiger partial charge in [0.1, 0.15) is 0 Å². The van der Waals surface area contributed by atoms with E-state index in [9.17, 15) is 0 Å². The Balaban J connectivity index is 0.00000225. The van der Waals surface area contributed by atoms with E-state index in [1.165, 1.54) is 32.4 Å². The van der Waals surface area contributed by atoms with Gasteiger partial charge < -0.3 is 25.0 Å². The summed E-state index contributed by atoms with van der Waals surface area (Å²) >= 11 is 0. The van der Waals surface area contributed by atoms with E-state index >= 15 is 0 Å². The number of ether oxygens (including phenoxy) is 2. The zero-order chi connectivity index (χ0) is 16.8. The summed E-state index contributed by atoms with van der Waals surface area (Å²) in [6.07, 6.45) is 3.82. The summed E-state index contributed by atoms with van der Waals surface area (Å²) in [5, 5.41) is 6.78. The van der Waals surface area contributed by atoms with Gasteiger partial charge in [-0.2, -0.15) is 0 Å². The molecule has 2 aliphatic rings. The third-order valence-corrected chi connectivity index (χ3v) is 4.80. The molecule has 7 heteroatoms. The first-order valence-electron chi connectivity index (χ1n) is 8.76. The number of guanidine groups is 1. The summed E-state index contributed by atoms with van der Waals surface area (Å²) in [6, 6.07) is 6.02. The molecule has 0 unspecified atom stereocenters. The maximum absolute atomic E-state index is 5.41. The molecule has 25 heavy (non-hydrogen) atoms. The largest absolute Gasteiger partial charge is 0.454 e. The van der Waals surface area contributed by atoms with Crippen LogP contribution in [0, 0.1) is 5.92 Å². The van der Waals surface area contributed by atoms with Crippen molar-refractivity contribution in [2.24, 2.45) is 10.9 Å². The minimum Gasteiger partial charge on any atom is -0.454 e. The van der Waals surface area contributed by atoms with E-state index < -0.39 is 0 Å². The van der Waals surface area contributed by atoms with Crippen LogP contribution in [0.15, 0.2) is 23.2 Å². The number of rotatable bonds is 5. The molecule has 0 amide bonds. The number of nitrogens with one attached hydrogen (secondary N) is 2. The number of piperidine rings is 1. The lowest BCUT2D eigenvalue weighted by atomic mass is 9.94. The van der Waals surface area contributed by atoms with Crippen molar-refractivity contribution < 1.29 is 9.47 Å². The molecule has 140 valence electrons. The predicted octanol–water partition coefficient (Wildman–Crippen LogP) is 2.43. The minimum atomic E-state index is 0. The van der Waals surface area contributed by atoms with Crippen molar-refractivity contribution in [1.82, 2.24) is 15.5 Å². The third-order valence-electron chi connectivity index (χ3n) is 4.80. The van der Waals surface area contributed by atoms with Gasteiger partial charge >= 0.3 is 0 Å². The van der Waals surface area contributed by atoms with E-state index in [1.807, 2.05) is 25.2 Å². The predicted molar refractivity (Wildman–Crippen MR) is 111 cm³/mol. The molecule has 0 bridgehead atoms. The summed E-state index contributed by atoms with van der Waals surface area (Å²) in [5.74, 6) is 3.32. The molecule has 1 aromatic rings. The zero-order valence-electron chi connectivity index (χ0n) is 15.1. The molecule has 2 heterocycles. The van der Waals surface area contributed by atoms with Gasteiger partial charge in [-0.25, -0.2) is 0 Å². The highest BCUT2D eigenvalue weighted by atomic mass is 127. The summed E-state index contributed by atoms with van der Waals surface area (Å²) in [7, 11) is 4.01. The molecule has 0 aliphatic carbocycles. The summed E-state index contributed by atoms with van der Waals surface area (Å²) in [6.45, 7) is 4.44. The molecule has 2 N–H and O–H groups in total. The lowest BCUT2D eigenvalue weighted by Crippen LogP contribution is -2.38. The van der Waals surface area contributed by atoms with Crippen molar-refractivity contribution in [3.63, 3.8) is 0 Å². The first kappa shape index (κ1) is 20.1. The van der Waals surface area contributed by atoms with E-state index in [4.69, 9.17) is 9.47 Å². The van der Waals surface area contributed by atoms with Crippen molar-refractivity contribution in [3.8, 4) is 11.5 Å². The second-order valence-electron chi connectivity index (χ2n) is 6.58. The maximum atomic E-state index is 5.41. The van der Waals surface area contributed by atoms with Gasteiger partial charge in [0.2, 0.25) is 6.79 Å². The Hall–Kier alpha value is -1.22. The molecular weight excluding hydrogens is 431 g/mol. The average Bonchev–Trinajstić information content (AvgIpc) is 3.07. The molecule has 0 radical (unpaired) electrons. The van der Waals surface area contributed by atoms with Gasteiger partial charge in [-0.1, -0.05) is 6.07 Å². The fourth-order valence-corrected chi connectivity index (χ4v) is 3.20. The van der Waals surface area contributed by atoms with Crippen LogP contribution in [0.3, 0.4) is 0 Å². The first-order chi connectivity index (χ1) is 11.7. The van der Waals surface area contributed by atoms with E-state index in [2.05, 4.69) is 27.6 Å². The van der Waals surface area contributed by atoms with Crippen molar-refractivity contribution in [1.29, 1.82) is 0 Å². The van der Waals surface area contributed by atoms with E-state index in [0.29, 0.717) is 13.3 Å². The molecule has 0 aromatic heterocycles. The molecule has 1 fully saturated rings. The number of likely N-dealkylation sites (tertiary alicyclic amines) is 1. The summed E-state index contributed by atoms with van der Waals surface area (Å²) in [5.41, 5.74) is 1.15. The van der Waals surface area contributed by atoms with Crippen LogP contribution >= 0.6 is 24.0 Å². The van der Waals surface area contributed by atoms with Crippen LogP contribution in [0.4, 0.5) is 0 Å². The average molecular weight is 460 g/mol. The first-order valence-corrected chi connectivity index (χ1v) is 8.76. The number of nitrogens with zero attached hydrogens (tertiary/aromatic N) is 2. The molecular formula is C18H29IN4O2. The zero-order valence-corrected chi connectivity index (χ0v) is 17.4. The van der Waals surface area contributed by atoms with Crippen LogP contribution in [0.25, 0.3) is 0 Å². The van der Waals surface area contributed by atoms with Crippen LogP contribution in [0.1, 0.15) is 24.8 Å². The maximum Gasteiger partial charge on any atom is 0.231 e. The van der Waals surface area contributed by atoms with Gasteiger partial charge in [-0.05, 0) is 63.0 Å². The Morgan fingerprint density at radius 3 is 2.72 bits per heavy atom. The highest BCUT2D eigenvalue weighted by Crippen LogP contribution is 2.32. The standard InChI is InChI=1S/C18H28N4O2.HI/c1-19-18(20-8-5-14-6-9-22(2)10-7-14)21-12-15-3-4-16-17(11-15)24-13-23-16;/h3-4,11,14H,5-10,12-13H2,1-2H3,(H2,19,20,21);1H. The fraction of sp³-hybridized carbons (Fsp3) is 0.611. The van der Waals surface area contributed by atoms with Gasteiger partial charge in [-0.15, -0.1) is 24.0 Å². The van der Waals surface area contributed by atoms with Crippen LogP contribution in [-0.2, 0) is 6.54 Å². The van der Waals surface area contributed by atoms with E-state index in [-0.39, 0.29) is 24.0 Å². The lowest BCUT2D eigenvalue weighted by Gasteiger charge is -2.29. The Labute approximate surface area is 167 Å². The van der Waals surface area contributed by atoms with Gasteiger partial charge in [0.15, 0.2) is 17.5 Å². The second-order valence-corrected chi connectivity index (χ2v) is 6.58.